The first-order valence-electron chi connectivity index (χ1n) is 12.3. The molecule has 1 unspecified atom stereocenters. The quantitative estimate of drug-likeness (QED) is 0.175. The van der Waals surface area contributed by atoms with Gasteiger partial charge >= 0.3 is 5.97 Å². The van der Waals surface area contributed by atoms with Crippen molar-refractivity contribution in [3.63, 3.8) is 0 Å². The van der Waals surface area contributed by atoms with Crippen molar-refractivity contribution in [3.05, 3.63) is 129 Å². The van der Waals surface area contributed by atoms with E-state index in [0.717, 1.165) is 11.1 Å². The molecular weight excluding hydrogens is 570 g/mol. The largest absolute Gasteiger partial charge is 0.489 e. The molecule has 2 N–H and O–H groups in total. The molecule has 0 radical (unpaired) electrons. The molecule has 1 aliphatic heterocycles. The van der Waals surface area contributed by atoms with Crippen LogP contribution in [0.3, 0.4) is 0 Å². The van der Waals surface area contributed by atoms with Crippen molar-refractivity contribution in [1.29, 1.82) is 5.26 Å². The molecule has 0 aromatic heterocycles. The Labute approximate surface area is 245 Å². The van der Waals surface area contributed by atoms with Gasteiger partial charge in [0, 0.05) is 16.7 Å². The maximum absolute atomic E-state index is 13.2. The summed E-state index contributed by atoms with van der Waals surface area (Å²) in [5.41, 5.74) is 8.55. The van der Waals surface area contributed by atoms with Gasteiger partial charge in [0.2, 0.25) is 5.88 Å². The first-order chi connectivity index (χ1) is 19.8. The molecule has 0 aliphatic carbocycles. The van der Waals surface area contributed by atoms with E-state index in [0.29, 0.717) is 22.1 Å². The van der Waals surface area contributed by atoms with Crippen molar-refractivity contribution in [2.24, 2.45) is 5.73 Å². The molecule has 0 spiro atoms. The summed E-state index contributed by atoms with van der Waals surface area (Å²) in [6, 6.07) is 24.9. The van der Waals surface area contributed by atoms with Gasteiger partial charge in [0.25, 0.3) is 0 Å². The lowest BCUT2D eigenvalue weighted by atomic mass is 9.83. The third kappa shape index (κ3) is 6.55. The highest BCUT2D eigenvalue weighted by atomic mass is 35.5. The third-order valence-corrected chi connectivity index (χ3v) is 6.70. The van der Waals surface area contributed by atoms with Gasteiger partial charge < -0.3 is 24.7 Å². The molecule has 206 valence electrons. The van der Waals surface area contributed by atoms with Gasteiger partial charge in [0.15, 0.2) is 6.61 Å². The number of nitrogens with zero attached hydrogens (tertiary/aromatic N) is 1. The number of benzene rings is 4. The first-order valence-corrected chi connectivity index (χ1v) is 13.0. The molecule has 41 heavy (non-hydrogen) atoms. The lowest BCUT2D eigenvalue weighted by Crippen LogP contribution is -2.21. The molecule has 10 heteroatoms. The van der Waals surface area contributed by atoms with Gasteiger partial charge in [-0.25, -0.2) is 9.18 Å². The lowest BCUT2D eigenvalue weighted by molar-refractivity contribution is -0.136. The summed E-state index contributed by atoms with van der Waals surface area (Å²) in [6.45, 7) is -0.160. The number of nitrogens with two attached hydrogens (primary N) is 1. The van der Waals surface area contributed by atoms with Crippen molar-refractivity contribution < 1.29 is 28.1 Å². The second-order valence-electron chi connectivity index (χ2n) is 8.95. The minimum Gasteiger partial charge on any atom is -0.489 e. The second kappa shape index (κ2) is 12.2. The minimum atomic E-state index is -0.671. The van der Waals surface area contributed by atoms with Crippen LogP contribution in [0.15, 0.2) is 96.4 Å². The summed E-state index contributed by atoms with van der Waals surface area (Å²) in [5.74, 6) is -0.242. The molecule has 5 rings (SSSR count). The Morgan fingerprint density at radius 3 is 2.54 bits per heavy atom. The van der Waals surface area contributed by atoms with Crippen molar-refractivity contribution in [3.8, 4) is 29.1 Å². The van der Waals surface area contributed by atoms with Crippen LogP contribution in [0.5, 0.6) is 23.0 Å². The van der Waals surface area contributed by atoms with Crippen molar-refractivity contribution in [2.75, 3.05) is 6.61 Å². The Bertz CT molecular complexity index is 1690. The van der Waals surface area contributed by atoms with Gasteiger partial charge in [0.1, 0.15) is 47.1 Å². The Hall–Kier alpha value is -4.71. The summed E-state index contributed by atoms with van der Waals surface area (Å²) in [5, 5.41) is 10.6. The van der Waals surface area contributed by atoms with E-state index in [-0.39, 0.29) is 40.4 Å². The number of hydrogen-bond acceptors (Lipinski definition) is 7. The number of allylic oxidation sites excluding steroid dienone is 1. The average Bonchev–Trinajstić information content (AvgIpc) is 2.96. The lowest BCUT2D eigenvalue weighted by Gasteiger charge is -2.27. The van der Waals surface area contributed by atoms with Gasteiger partial charge in [-0.1, -0.05) is 53.5 Å². The first kappa shape index (κ1) is 27.8. The zero-order valence-corrected chi connectivity index (χ0v) is 22.8. The summed E-state index contributed by atoms with van der Waals surface area (Å²) in [4.78, 5) is 12.4. The smallest absolute Gasteiger partial charge is 0.349 e. The maximum Gasteiger partial charge on any atom is 0.349 e. The van der Waals surface area contributed by atoms with Gasteiger partial charge in [-0.3, -0.25) is 0 Å². The van der Waals surface area contributed by atoms with E-state index in [1.807, 2.05) is 6.07 Å². The molecule has 0 amide bonds. The molecule has 1 aliphatic rings. The molecule has 0 saturated carbocycles. The van der Waals surface area contributed by atoms with E-state index in [9.17, 15) is 14.4 Å². The highest BCUT2D eigenvalue weighted by Gasteiger charge is 2.31. The fourth-order valence-corrected chi connectivity index (χ4v) is 4.73. The Balaban J connectivity index is 1.33. The third-order valence-electron chi connectivity index (χ3n) is 6.17. The van der Waals surface area contributed by atoms with Crippen LogP contribution in [0.4, 0.5) is 4.39 Å². The van der Waals surface area contributed by atoms with Gasteiger partial charge in [0.05, 0.1) is 10.9 Å². The number of esters is 1. The normalized spacial score (nSPS) is 14.0. The second-order valence-corrected chi connectivity index (χ2v) is 9.79. The number of carbonyl (C=O) groups is 1. The van der Waals surface area contributed by atoms with Gasteiger partial charge in [-0.2, -0.15) is 5.26 Å². The minimum absolute atomic E-state index is 0.0631. The fourth-order valence-electron chi connectivity index (χ4n) is 4.26. The monoisotopic (exact) mass is 590 g/mol. The Kier molecular flexibility index (Phi) is 8.29. The van der Waals surface area contributed by atoms with Crippen LogP contribution in [-0.2, 0) is 11.4 Å². The van der Waals surface area contributed by atoms with Crippen LogP contribution in [0.25, 0.3) is 0 Å². The highest BCUT2D eigenvalue weighted by molar-refractivity contribution is 6.35. The van der Waals surface area contributed by atoms with Crippen molar-refractivity contribution in [2.45, 2.75) is 12.5 Å². The maximum atomic E-state index is 13.2. The van der Waals surface area contributed by atoms with E-state index in [4.69, 9.17) is 47.9 Å². The number of fused-ring (bicyclic) bond motifs is 1. The topological polar surface area (TPSA) is 104 Å². The summed E-state index contributed by atoms with van der Waals surface area (Å²) in [6.07, 6.45) is 0. The van der Waals surface area contributed by atoms with Crippen LogP contribution >= 0.6 is 23.2 Å². The van der Waals surface area contributed by atoms with Gasteiger partial charge in [-0.05, 0) is 59.7 Å². The van der Waals surface area contributed by atoms with E-state index in [1.54, 1.807) is 54.6 Å². The molecule has 0 fully saturated rings. The van der Waals surface area contributed by atoms with Crippen LogP contribution in [0.1, 0.15) is 22.6 Å². The Morgan fingerprint density at radius 1 is 0.976 bits per heavy atom. The Morgan fingerprint density at radius 2 is 1.78 bits per heavy atom. The average molecular weight is 591 g/mol. The SMILES string of the molecule is N#CC1=C(N)Oc2cc(OC(=O)COc3ccc(Cl)cc3Cl)ccc2C1c1cccc(OCc2ccc(F)cc2)c1. The van der Waals surface area contributed by atoms with E-state index < -0.39 is 18.5 Å². The molecule has 4 aromatic carbocycles. The highest BCUT2D eigenvalue weighted by Crippen LogP contribution is 2.44. The number of hydrogen-bond donors (Lipinski definition) is 1. The summed E-state index contributed by atoms with van der Waals surface area (Å²) >= 11 is 12.0. The van der Waals surface area contributed by atoms with Crippen LogP contribution in [0, 0.1) is 17.1 Å². The van der Waals surface area contributed by atoms with Crippen LogP contribution < -0.4 is 24.7 Å². The molecule has 0 saturated heterocycles. The van der Waals surface area contributed by atoms with E-state index in [1.165, 1.54) is 24.3 Å². The number of nitriles is 1. The fraction of sp³-hybridized carbons (Fsp3) is 0.0968. The predicted octanol–water partition coefficient (Wildman–Crippen LogP) is 6.91. The van der Waals surface area contributed by atoms with Gasteiger partial charge in [-0.15, -0.1) is 0 Å². The molecule has 1 heterocycles. The van der Waals surface area contributed by atoms with Crippen LogP contribution in [-0.4, -0.2) is 12.6 Å². The van der Waals surface area contributed by atoms with Crippen LogP contribution in [0.2, 0.25) is 10.0 Å². The summed E-state index contributed by atoms with van der Waals surface area (Å²) < 4.78 is 35.7. The molecular formula is C31H21Cl2FN2O5. The van der Waals surface area contributed by atoms with Crippen molar-refractivity contribution >= 4 is 29.2 Å². The molecule has 4 aromatic rings. The molecule has 7 nitrogen and oxygen atoms in total. The number of ether oxygens (including phenoxy) is 4. The zero-order valence-electron chi connectivity index (χ0n) is 21.3. The predicted molar refractivity (Wildman–Crippen MR) is 151 cm³/mol. The summed E-state index contributed by atoms with van der Waals surface area (Å²) in [7, 11) is 0. The van der Waals surface area contributed by atoms with E-state index >= 15 is 0 Å². The molecule has 0 bridgehead atoms. The number of rotatable bonds is 8. The standard InChI is InChI=1S/C31H21Cl2FN2O5/c32-20-6-11-27(26(33)13-20)39-17-29(37)40-23-9-10-24-28(14-23)41-31(36)25(15-35)30(24)19-2-1-3-22(12-19)38-16-18-4-7-21(34)8-5-18/h1-14,30H,16-17,36H2. The number of halogens is 3. The van der Waals surface area contributed by atoms with Crippen molar-refractivity contribution in [1.82, 2.24) is 0 Å². The molecule has 1 atom stereocenters. The number of carbonyl (C=O) groups excluding carboxylic acids is 1. The zero-order chi connectivity index (χ0) is 28.9. The van der Waals surface area contributed by atoms with E-state index in [2.05, 4.69) is 6.07 Å².